The van der Waals surface area contributed by atoms with E-state index in [-0.39, 0.29) is 15.6 Å². The Hall–Kier alpha value is -1.47. The number of aromatic nitrogens is 2. The molecule has 0 saturated carbocycles. The van der Waals surface area contributed by atoms with Gasteiger partial charge in [0.2, 0.25) is 0 Å². The molecule has 0 radical (unpaired) electrons. The van der Waals surface area contributed by atoms with Crippen molar-refractivity contribution in [2.24, 2.45) is 0 Å². The highest BCUT2D eigenvalue weighted by Gasteiger charge is 2.08. The van der Waals surface area contributed by atoms with Gasteiger partial charge in [0.15, 0.2) is 9.60 Å². The van der Waals surface area contributed by atoms with Crippen LogP contribution in [0.25, 0.3) is 0 Å². The molecule has 2 aromatic heterocycles. The number of hydrogen-bond donors (Lipinski definition) is 2. The average Bonchev–Trinajstić information content (AvgIpc) is 2.73. The van der Waals surface area contributed by atoms with Crippen LogP contribution in [0.15, 0.2) is 23.2 Å². The van der Waals surface area contributed by atoms with Gasteiger partial charge in [-0.1, -0.05) is 0 Å². The van der Waals surface area contributed by atoms with Crippen molar-refractivity contribution in [3.8, 4) is 0 Å². The summed E-state index contributed by atoms with van der Waals surface area (Å²) >= 11 is 2.35. The number of hydrogen-bond acceptors (Lipinski definition) is 5. The van der Waals surface area contributed by atoms with E-state index >= 15 is 0 Å². The fraction of sp³-hybridized carbons (Fsp3) is 0. The summed E-state index contributed by atoms with van der Waals surface area (Å²) in [4.78, 5) is 12.0. The summed E-state index contributed by atoms with van der Waals surface area (Å²) in [6, 6.07) is -0.387. The Morgan fingerprint density at radius 2 is 1.50 bits per heavy atom. The third-order valence-electron chi connectivity index (χ3n) is 1.63. The fourth-order valence-electron chi connectivity index (χ4n) is 0.978. The second-order valence-electron chi connectivity index (χ2n) is 2.44. The average molecular weight is 226 g/mol. The van der Waals surface area contributed by atoms with Crippen molar-refractivity contribution in [2.45, 2.75) is 0 Å². The van der Waals surface area contributed by atoms with Gasteiger partial charge in [0.1, 0.15) is 0 Å². The first-order chi connectivity index (χ1) is 6.70. The first-order valence-electron chi connectivity index (χ1n) is 3.66. The number of carbonyl (C=O) groups is 1. The normalized spacial score (nSPS) is 10.3. The standard InChI is InChI=1S/C7H6N4OS2/c8-5-10(1-3-13-5)7(12)11-2-4-14-6(11)9/h1-4,8-9H. The summed E-state index contributed by atoms with van der Waals surface area (Å²) in [5, 5.41) is 18.2. The molecule has 2 N–H and O–H groups in total. The van der Waals surface area contributed by atoms with E-state index in [9.17, 15) is 4.79 Å². The molecular formula is C7H6N4OS2. The van der Waals surface area contributed by atoms with Gasteiger partial charge >= 0.3 is 6.03 Å². The Balaban J connectivity index is 2.54. The van der Waals surface area contributed by atoms with Gasteiger partial charge in [-0.3, -0.25) is 10.8 Å². The molecular weight excluding hydrogens is 220 g/mol. The Bertz CT molecular complexity index is 522. The van der Waals surface area contributed by atoms with Crippen molar-refractivity contribution < 1.29 is 4.79 Å². The van der Waals surface area contributed by atoms with Crippen LogP contribution in [-0.2, 0) is 0 Å². The first-order valence-corrected chi connectivity index (χ1v) is 5.42. The fourth-order valence-corrected chi connectivity index (χ4v) is 2.11. The number of nitrogens with one attached hydrogen (secondary N) is 2. The lowest BCUT2D eigenvalue weighted by molar-refractivity contribution is 0.242. The molecule has 0 aliphatic carbocycles. The molecule has 2 heterocycles. The summed E-state index contributed by atoms with van der Waals surface area (Å²) in [7, 11) is 0. The maximum Gasteiger partial charge on any atom is 0.340 e. The van der Waals surface area contributed by atoms with E-state index < -0.39 is 0 Å². The number of nitrogens with zero attached hydrogens (tertiary/aromatic N) is 2. The lowest BCUT2D eigenvalue weighted by Gasteiger charge is -2.00. The highest BCUT2D eigenvalue weighted by atomic mass is 32.1. The van der Waals surface area contributed by atoms with Crippen LogP contribution in [0.4, 0.5) is 4.79 Å². The van der Waals surface area contributed by atoms with E-state index in [1.807, 2.05) is 0 Å². The second kappa shape index (κ2) is 3.35. The molecule has 0 spiro atoms. The Morgan fingerprint density at radius 1 is 1.07 bits per heavy atom. The number of thiazole rings is 2. The molecule has 2 aromatic rings. The van der Waals surface area contributed by atoms with Crippen molar-refractivity contribution in [3.63, 3.8) is 0 Å². The summed E-state index contributed by atoms with van der Waals surface area (Å²) in [6.45, 7) is 0. The summed E-state index contributed by atoms with van der Waals surface area (Å²) in [6.07, 6.45) is 3.05. The molecule has 0 atom stereocenters. The molecule has 0 saturated heterocycles. The van der Waals surface area contributed by atoms with Gasteiger partial charge in [0.05, 0.1) is 0 Å². The van der Waals surface area contributed by atoms with Crippen LogP contribution in [0.5, 0.6) is 0 Å². The van der Waals surface area contributed by atoms with Crippen LogP contribution in [0.1, 0.15) is 0 Å². The Morgan fingerprint density at radius 3 is 1.79 bits per heavy atom. The van der Waals surface area contributed by atoms with E-state index in [0.29, 0.717) is 0 Å². The maximum absolute atomic E-state index is 11.7. The minimum atomic E-state index is -0.387. The molecule has 0 unspecified atom stereocenters. The third kappa shape index (κ3) is 1.36. The summed E-state index contributed by atoms with van der Waals surface area (Å²) in [5.41, 5.74) is 0. The van der Waals surface area contributed by atoms with Gasteiger partial charge < -0.3 is 0 Å². The van der Waals surface area contributed by atoms with E-state index in [1.54, 1.807) is 10.8 Å². The summed E-state index contributed by atoms with van der Waals surface area (Å²) in [5.74, 6) is 0. The van der Waals surface area contributed by atoms with Gasteiger partial charge in [-0.25, -0.2) is 13.9 Å². The van der Waals surface area contributed by atoms with Crippen LogP contribution in [0.3, 0.4) is 0 Å². The second-order valence-corrected chi connectivity index (χ2v) is 4.23. The van der Waals surface area contributed by atoms with E-state index in [1.165, 1.54) is 44.2 Å². The number of carbonyl (C=O) groups excluding carboxylic acids is 1. The maximum atomic E-state index is 11.7. The van der Waals surface area contributed by atoms with E-state index in [0.717, 1.165) is 0 Å². The Labute approximate surface area is 86.5 Å². The van der Waals surface area contributed by atoms with Crippen molar-refractivity contribution >= 4 is 28.7 Å². The molecule has 5 nitrogen and oxygen atoms in total. The molecule has 0 amide bonds. The molecule has 72 valence electrons. The van der Waals surface area contributed by atoms with E-state index in [4.69, 9.17) is 10.8 Å². The predicted molar refractivity (Wildman–Crippen MR) is 52.5 cm³/mol. The zero-order valence-corrected chi connectivity index (χ0v) is 8.56. The van der Waals surface area contributed by atoms with Gasteiger partial charge in [-0.05, 0) is 0 Å². The third-order valence-corrected chi connectivity index (χ3v) is 2.98. The van der Waals surface area contributed by atoms with Crippen LogP contribution < -0.4 is 9.60 Å². The molecule has 2 rings (SSSR count). The zero-order chi connectivity index (χ0) is 10.1. The smallest absolute Gasteiger partial charge is 0.275 e. The molecule has 0 aliphatic heterocycles. The van der Waals surface area contributed by atoms with Crippen molar-refractivity contribution in [2.75, 3.05) is 0 Å². The minimum Gasteiger partial charge on any atom is -0.275 e. The van der Waals surface area contributed by atoms with Crippen molar-refractivity contribution in [1.82, 2.24) is 9.13 Å². The highest BCUT2D eigenvalue weighted by Crippen LogP contribution is 1.94. The first kappa shape index (κ1) is 9.10. The molecule has 0 aliphatic rings. The quantitative estimate of drug-likeness (QED) is 0.687. The van der Waals surface area contributed by atoms with Gasteiger partial charge in [0.25, 0.3) is 0 Å². The predicted octanol–water partition coefficient (Wildman–Crippen LogP) is 0.888. The molecule has 14 heavy (non-hydrogen) atoms. The molecule has 0 aromatic carbocycles. The lowest BCUT2D eigenvalue weighted by Crippen LogP contribution is -2.31. The van der Waals surface area contributed by atoms with Crippen LogP contribution >= 0.6 is 22.7 Å². The largest absolute Gasteiger partial charge is 0.340 e. The van der Waals surface area contributed by atoms with Crippen LogP contribution in [0.2, 0.25) is 0 Å². The van der Waals surface area contributed by atoms with Crippen LogP contribution in [-0.4, -0.2) is 15.2 Å². The molecule has 0 bridgehead atoms. The van der Waals surface area contributed by atoms with Crippen LogP contribution in [0, 0.1) is 10.8 Å². The van der Waals surface area contributed by atoms with Gasteiger partial charge in [0, 0.05) is 23.2 Å². The zero-order valence-electron chi connectivity index (χ0n) is 6.93. The summed E-state index contributed by atoms with van der Waals surface area (Å²) < 4.78 is 2.41. The topological polar surface area (TPSA) is 74.6 Å². The van der Waals surface area contributed by atoms with Crippen molar-refractivity contribution in [3.05, 3.63) is 32.8 Å². The number of rotatable bonds is 0. The highest BCUT2D eigenvalue weighted by molar-refractivity contribution is 7.07. The van der Waals surface area contributed by atoms with Gasteiger partial charge in [-0.15, -0.1) is 22.7 Å². The minimum absolute atomic E-state index is 0.160. The van der Waals surface area contributed by atoms with Crippen molar-refractivity contribution in [1.29, 1.82) is 10.8 Å². The Kier molecular flexibility index (Phi) is 2.18. The molecule has 0 fully saturated rings. The van der Waals surface area contributed by atoms with Gasteiger partial charge in [-0.2, -0.15) is 0 Å². The lowest BCUT2D eigenvalue weighted by atomic mass is 10.8. The monoisotopic (exact) mass is 226 g/mol. The SMILES string of the molecule is N=c1sccn1C(=O)n1ccsc1=N. The van der Waals surface area contributed by atoms with E-state index in [2.05, 4.69) is 0 Å². The molecule has 7 heteroatoms.